The standard InChI is InChI=1S/C23H19F3O/c24-23(25,26)17-10-8-14(9-11-17)18-19-15-6-7-16(12-15)21(19)22(27)20(18)13-4-2-1-3-5-13/h1-5,8-11,15-16,19,21H,6-7,12H2/t15-,16+,19?,21?/m1/s1. The largest absolute Gasteiger partial charge is 0.416 e. The molecule has 4 atom stereocenters. The molecular weight excluding hydrogens is 349 g/mol. The molecule has 2 aromatic rings. The van der Waals surface area contributed by atoms with Gasteiger partial charge >= 0.3 is 6.18 Å². The van der Waals surface area contributed by atoms with Gasteiger partial charge in [-0.25, -0.2) is 0 Å². The summed E-state index contributed by atoms with van der Waals surface area (Å²) < 4.78 is 38.9. The van der Waals surface area contributed by atoms with Crippen molar-refractivity contribution < 1.29 is 18.0 Å². The van der Waals surface area contributed by atoms with Gasteiger partial charge in [-0.1, -0.05) is 42.5 Å². The summed E-state index contributed by atoms with van der Waals surface area (Å²) in [4.78, 5) is 13.3. The van der Waals surface area contributed by atoms with E-state index in [4.69, 9.17) is 0 Å². The molecule has 27 heavy (non-hydrogen) atoms. The molecule has 5 rings (SSSR count). The average molecular weight is 368 g/mol. The Morgan fingerprint density at radius 2 is 1.41 bits per heavy atom. The van der Waals surface area contributed by atoms with Gasteiger partial charge < -0.3 is 0 Å². The summed E-state index contributed by atoms with van der Waals surface area (Å²) in [6.07, 6.45) is -1.06. The molecule has 2 bridgehead atoms. The lowest BCUT2D eigenvalue weighted by atomic mass is 9.77. The molecule has 0 saturated heterocycles. The third kappa shape index (κ3) is 2.49. The lowest BCUT2D eigenvalue weighted by Crippen LogP contribution is -2.24. The van der Waals surface area contributed by atoms with Gasteiger partial charge in [0.2, 0.25) is 0 Å². The molecule has 2 fully saturated rings. The van der Waals surface area contributed by atoms with Crippen molar-refractivity contribution >= 4 is 16.9 Å². The number of hydrogen-bond donors (Lipinski definition) is 0. The smallest absolute Gasteiger partial charge is 0.294 e. The quantitative estimate of drug-likeness (QED) is 0.649. The molecule has 3 aliphatic carbocycles. The first-order valence-electron chi connectivity index (χ1n) is 9.46. The summed E-state index contributed by atoms with van der Waals surface area (Å²) in [5.41, 5.74) is 2.68. The van der Waals surface area contributed by atoms with E-state index >= 15 is 0 Å². The number of halogens is 3. The molecule has 138 valence electrons. The molecule has 2 aromatic carbocycles. The second-order valence-electron chi connectivity index (χ2n) is 7.98. The van der Waals surface area contributed by atoms with Crippen molar-refractivity contribution in [3.63, 3.8) is 0 Å². The Kier molecular flexibility index (Phi) is 3.62. The van der Waals surface area contributed by atoms with E-state index in [9.17, 15) is 18.0 Å². The highest BCUT2D eigenvalue weighted by Crippen LogP contribution is 2.62. The molecule has 0 aliphatic heterocycles. The van der Waals surface area contributed by atoms with Crippen LogP contribution >= 0.6 is 0 Å². The summed E-state index contributed by atoms with van der Waals surface area (Å²) in [5.74, 6) is 1.26. The zero-order valence-corrected chi connectivity index (χ0v) is 14.7. The lowest BCUT2D eigenvalue weighted by molar-refractivity contribution is -0.137. The van der Waals surface area contributed by atoms with E-state index in [0.29, 0.717) is 11.8 Å². The third-order valence-electron chi connectivity index (χ3n) is 6.65. The van der Waals surface area contributed by atoms with Crippen LogP contribution in [0.2, 0.25) is 0 Å². The van der Waals surface area contributed by atoms with Gasteiger partial charge in [-0.3, -0.25) is 4.79 Å². The second-order valence-corrected chi connectivity index (χ2v) is 7.98. The van der Waals surface area contributed by atoms with Crippen LogP contribution in [-0.4, -0.2) is 5.78 Å². The van der Waals surface area contributed by atoms with Crippen LogP contribution in [0.5, 0.6) is 0 Å². The number of carbonyl (C=O) groups is 1. The Hall–Kier alpha value is -2.36. The van der Waals surface area contributed by atoms with Crippen LogP contribution < -0.4 is 0 Å². The number of benzene rings is 2. The van der Waals surface area contributed by atoms with Crippen molar-refractivity contribution in [3.8, 4) is 0 Å². The topological polar surface area (TPSA) is 17.1 Å². The number of carbonyl (C=O) groups excluding carboxylic acids is 1. The zero-order valence-electron chi connectivity index (χ0n) is 14.7. The van der Waals surface area contributed by atoms with E-state index < -0.39 is 11.7 Å². The van der Waals surface area contributed by atoms with Crippen molar-refractivity contribution in [2.24, 2.45) is 23.7 Å². The summed E-state index contributed by atoms with van der Waals surface area (Å²) >= 11 is 0. The number of rotatable bonds is 2. The number of fused-ring (bicyclic) bond motifs is 5. The summed E-state index contributed by atoms with van der Waals surface area (Å²) in [6, 6.07) is 14.9. The third-order valence-corrected chi connectivity index (χ3v) is 6.65. The van der Waals surface area contributed by atoms with Crippen LogP contribution in [0.1, 0.15) is 36.0 Å². The first-order valence-corrected chi connectivity index (χ1v) is 9.46. The summed E-state index contributed by atoms with van der Waals surface area (Å²) in [5, 5.41) is 0. The van der Waals surface area contributed by atoms with Crippen molar-refractivity contribution in [2.75, 3.05) is 0 Å². The molecule has 3 aliphatic rings. The number of Topliss-reactive ketones (excluding diaryl/α,β-unsaturated/α-hetero) is 1. The first-order chi connectivity index (χ1) is 12.9. The Morgan fingerprint density at radius 3 is 2.04 bits per heavy atom. The average Bonchev–Trinajstić information content (AvgIpc) is 3.34. The number of ketones is 1. The van der Waals surface area contributed by atoms with Crippen LogP contribution in [0.3, 0.4) is 0 Å². The lowest BCUT2D eigenvalue weighted by Gasteiger charge is -2.26. The van der Waals surface area contributed by atoms with E-state index in [1.54, 1.807) is 12.1 Å². The van der Waals surface area contributed by atoms with Crippen molar-refractivity contribution in [2.45, 2.75) is 25.4 Å². The van der Waals surface area contributed by atoms with E-state index in [1.165, 1.54) is 0 Å². The fraction of sp³-hybridized carbons (Fsp3) is 0.348. The zero-order chi connectivity index (χ0) is 18.8. The maximum absolute atomic E-state index is 13.3. The van der Waals surface area contributed by atoms with Gasteiger partial charge in [0.05, 0.1) is 5.56 Å². The van der Waals surface area contributed by atoms with Crippen LogP contribution in [0.15, 0.2) is 54.6 Å². The van der Waals surface area contributed by atoms with Gasteiger partial charge in [0, 0.05) is 11.5 Å². The fourth-order valence-electron chi connectivity index (χ4n) is 5.63. The molecule has 0 aromatic heterocycles. The predicted octanol–water partition coefficient (Wildman–Crippen LogP) is 5.86. The van der Waals surface area contributed by atoms with E-state index in [0.717, 1.165) is 53.7 Å². The molecule has 0 N–H and O–H groups in total. The fourth-order valence-corrected chi connectivity index (χ4v) is 5.63. The molecule has 4 heteroatoms. The maximum atomic E-state index is 13.3. The van der Waals surface area contributed by atoms with Gasteiger partial charge in [0.15, 0.2) is 5.78 Å². The van der Waals surface area contributed by atoms with Gasteiger partial charge in [-0.05, 0) is 65.8 Å². The molecule has 0 heterocycles. The maximum Gasteiger partial charge on any atom is 0.416 e. The van der Waals surface area contributed by atoms with Gasteiger partial charge in [-0.15, -0.1) is 0 Å². The van der Waals surface area contributed by atoms with Gasteiger partial charge in [-0.2, -0.15) is 13.2 Å². The Morgan fingerprint density at radius 1 is 0.778 bits per heavy atom. The molecular formula is C23H19F3O. The molecule has 0 radical (unpaired) electrons. The molecule has 0 amide bonds. The van der Waals surface area contributed by atoms with Crippen molar-refractivity contribution in [1.29, 1.82) is 0 Å². The highest BCUT2D eigenvalue weighted by Gasteiger charge is 2.57. The Bertz CT molecular complexity index is 924. The number of alkyl halides is 3. The van der Waals surface area contributed by atoms with Crippen LogP contribution in [-0.2, 0) is 11.0 Å². The monoisotopic (exact) mass is 368 g/mol. The van der Waals surface area contributed by atoms with Crippen LogP contribution in [0, 0.1) is 23.7 Å². The van der Waals surface area contributed by atoms with Crippen LogP contribution in [0.25, 0.3) is 11.1 Å². The Balaban J connectivity index is 1.67. The normalized spacial score (nSPS) is 29.5. The SMILES string of the molecule is O=C1C(c2ccccc2)=C(c2ccc(C(F)(F)F)cc2)C2C1[C@H]1CC[C@@H]2C1. The van der Waals surface area contributed by atoms with E-state index in [1.807, 2.05) is 30.3 Å². The van der Waals surface area contributed by atoms with Crippen LogP contribution in [0.4, 0.5) is 13.2 Å². The molecule has 0 spiro atoms. The first kappa shape index (κ1) is 16.8. The minimum Gasteiger partial charge on any atom is -0.294 e. The highest BCUT2D eigenvalue weighted by atomic mass is 19.4. The van der Waals surface area contributed by atoms with E-state index in [-0.39, 0.29) is 17.6 Å². The summed E-state index contributed by atoms with van der Waals surface area (Å²) in [6.45, 7) is 0. The minimum atomic E-state index is -4.35. The molecule has 2 unspecified atom stereocenters. The molecule has 2 saturated carbocycles. The van der Waals surface area contributed by atoms with Gasteiger partial charge in [0.1, 0.15) is 0 Å². The Labute approximate surface area is 155 Å². The number of hydrogen-bond acceptors (Lipinski definition) is 1. The van der Waals surface area contributed by atoms with Gasteiger partial charge in [0.25, 0.3) is 0 Å². The minimum absolute atomic E-state index is 0.0104. The predicted molar refractivity (Wildman–Crippen MR) is 97.5 cm³/mol. The van der Waals surface area contributed by atoms with Crippen molar-refractivity contribution in [1.82, 2.24) is 0 Å². The molecule has 1 nitrogen and oxygen atoms in total. The second kappa shape index (κ2) is 5.82. The number of allylic oxidation sites excluding steroid dienone is 2. The summed E-state index contributed by atoms with van der Waals surface area (Å²) in [7, 11) is 0. The van der Waals surface area contributed by atoms with Crippen molar-refractivity contribution in [3.05, 3.63) is 71.3 Å². The van der Waals surface area contributed by atoms with E-state index in [2.05, 4.69) is 0 Å². The highest BCUT2D eigenvalue weighted by molar-refractivity contribution is 6.32.